The van der Waals surface area contributed by atoms with Crippen molar-refractivity contribution in [3.63, 3.8) is 0 Å². The van der Waals surface area contributed by atoms with Gasteiger partial charge in [0.2, 0.25) is 0 Å². The first-order valence-corrected chi connectivity index (χ1v) is 4.74. The Hall–Kier alpha value is -1.09. The van der Waals surface area contributed by atoms with Crippen LogP contribution in [0.4, 0.5) is 4.39 Å². The van der Waals surface area contributed by atoms with E-state index in [2.05, 4.69) is 5.32 Å². The van der Waals surface area contributed by atoms with Crippen molar-refractivity contribution in [2.45, 2.75) is 19.4 Å². The molecule has 2 nitrogen and oxygen atoms in total. The van der Waals surface area contributed by atoms with Gasteiger partial charge >= 0.3 is 0 Å². The molecular formula is C11H14FNO. The van der Waals surface area contributed by atoms with Crippen molar-refractivity contribution in [2.24, 2.45) is 0 Å². The standard InChI is InChI=1S/C11H14FNO/c1-8-3-9(12)5-10(4-8)14-11(2)6-13-7-11/h3-5,13H,6-7H2,1-2H3. The van der Waals surface area contributed by atoms with Gasteiger partial charge in [-0.15, -0.1) is 0 Å². The van der Waals surface area contributed by atoms with Gasteiger partial charge in [0.1, 0.15) is 17.2 Å². The first-order chi connectivity index (χ1) is 6.57. The summed E-state index contributed by atoms with van der Waals surface area (Å²) >= 11 is 0. The normalized spacial score (nSPS) is 18.8. The second-order valence-corrected chi connectivity index (χ2v) is 4.12. The summed E-state index contributed by atoms with van der Waals surface area (Å²) in [5.74, 6) is 0.377. The molecule has 0 amide bonds. The maximum absolute atomic E-state index is 13.0. The summed E-state index contributed by atoms with van der Waals surface area (Å²) in [4.78, 5) is 0. The minimum absolute atomic E-state index is 0.166. The molecule has 0 aliphatic carbocycles. The predicted octanol–water partition coefficient (Wildman–Crippen LogP) is 1.87. The molecule has 0 saturated carbocycles. The fraction of sp³-hybridized carbons (Fsp3) is 0.455. The zero-order valence-electron chi connectivity index (χ0n) is 8.43. The lowest BCUT2D eigenvalue weighted by Gasteiger charge is -2.39. The van der Waals surface area contributed by atoms with E-state index >= 15 is 0 Å². The van der Waals surface area contributed by atoms with Gasteiger partial charge in [-0.2, -0.15) is 0 Å². The zero-order chi connectivity index (χ0) is 10.2. The van der Waals surface area contributed by atoms with Crippen LogP contribution in [-0.4, -0.2) is 18.7 Å². The smallest absolute Gasteiger partial charge is 0.131 e. The Balaban J connectivity index is 2.16. The minimum atomic E-state index is -0.240. The van der Waals surface area contributed by atoms with E-state index in [0.29, 0.717) is 5.75 Å². The molecule has 0 spiro atoms. The highest BCUT2D eigenvalue weighted by Crippen LogP contribution is 2.23. The molecule has 1 saturated heterocycles. The van der Waals surface area contributed by atoms with Crippen LogP contribution in [-0.2, 0) is 0 Å². The van der Waals surface area contributed by atoms with Crippen LogP contribution in [0.2, 0.25) is 0 Å². The van der Waals surface area contributed by atoms with E-state index < -0.39 is 0 Å². The lowest BCUT2D eigenvalue weighted by molar-refractivity contribution is 0.0345. The molecular weight excluding hydrogens is 181 g/mol. The monoisotopic (exact) mass is 195 g/mol. The van der Waals surface area contributed by atoms with Crippen molar-refractivity contribution in [3.05, 3.63) is 29.6 Å². The second kappa shape index (κ2) is 3.24. The molecule has 14 heavy (non-hydrogen) atoms. The topological polar surface area (TPSA) is 21.3 Å². The van der Waals surface area contributed by atoms with Gasteiger partial charge in [-0.05, 0) is 31.5 Å². The van der Waals surface area contributed by atoms with Gasteiger partial charge < -0.3 is 10.1 Å². The van der Waals surface area contributed by atoms with E-state index in [1.54, 1.807) is 0 Å². The summed E-state index contributed by atoms with van der Waals surface area (Å²) in [5.41, 5.74) is 0.719. The average Bonchev–Trinajstić information content (AvgIpc) is 1.99. The van der Waals surface area contributed by atoms with E-state index in [1.807, 2.05) is 19.9 Å². The summed E-state index contributed by atoms with van der Waals surface area (Å²) in [6, 6.07) is 4.78. The zero-order valence-corrected chi connectivity index (χ0v) is 8.43. The molecule has 0 unspecified atom stereocenters. The molecule has 1 aromatic rings. The number of ether oxygens (including phenoxy) is 1. The molecule has 0 bridgehead atoms. The summed E-state index contributed by atoms with van der Waals surface area (Å²) in [7, 11) is 0. The van der Waals surface area contributed by atoms with Gasteiger partial charge in [0.05, 0.1) is 0 Å². The molecule has 1 N–H and O–H groups in total. The number of nitrogens with one attached hydrogen (secondary N) is 1. The van der Waals surface area contributed by atoms with Crippen molar-refractivity contribution < 1.29 is 9.13 Å². The van der Waals surface area contributed by atoms with E-state index in [0.717, 1.165) is 18.7 Å². The Morgan fingerprint density at radius 2 is 2.07 bits per heavy atom. The summed E-state index contributed by atoms with van der Waals surface area (Å²) in [6.45, 7) is 5.52. The molecule has 0 aromatic heterocycles. The Morgan fingerprint density at radius 1 is 1.36 bits per heavy atom. The van der Waals surface area contributed by atoms with E-state index in [4.69, 9.17) is 4.74 Å². The lowest BCUT2D eigenvalue weighted by Crippen LogP contribution is -2.61. The number of hydrogen-bond donors (Lipinski definition) is 1. The molecule has 0 radical (unpaired) electrons. The molecule has 1 fully saturated rings. The van der Waals surface area contributed by atoms with Crippen LogP contribution in [0.25, 0.3) is 0 Å². The molecule has 1 aliphatic rings. The first kappa shape index (κ1) is 9.46. The molecule has 0 atom stereocenters. The third kappa shape index (κ3) is 1.87. The quantitative estimate of drug-likeness (QED) is 0.778. The Bertz CT molecular complexity index is 327. The highest BCUT2D eigenvalue weighted by atomic mass is 19.1. The van der Waals surface area contributed by atoms with Crippen molar-refractivity contribution in [1.29, 1.82) is 0 Å². The van der Waals surface area contributed by atoms with Crippen molar-refractivity contribution in [3.8, 4) is 5.75 Å². The maximum Gasteiger partial charge on any atom is 0.131 e. The van der Waals surface area contributed by atoms with E-state index in [9.17, 15) is 4.39 Å². The van der Waals surface area contributed by atoms with Gasteiger partial charge in [0, 0.05) is 19.2 Å². The number of rotatable bonds is 2. The summed E-state index contributed by atoms with van der Waals surface area (Å²) in [5, 5.41) is 3.13. The Kier molecular flexibility index (Phi) is 2.19. The average molecular weight is 195 g/mol. The number of benzene rings is 1. The molecule has 1 aromatic carbocycles. The molecule has 76 valence electrons. The lowest BCUT2D eigenvalue weighted by atomic mass is 10.00. The van der Waals surface area contributed by atoms with Crippen LogP contribution in [0, 0.1) is 12.7 Å². The summed E-state index contributed by atoms with van der Waals surface area (Å²) < 4.78 is 18.7. The molecule has 3 heteroatoms. The van der Waals surface area contributed by atoms with Gasteiger partial charge in [0.15, 0.2) is 0 Å². The Labute approximate surface area is 83.1 Å². The molecule has 2 rings (SSSR count). The third-order valence-electron chi connectivity index (χ3n) is 2.38. The predicted molar refractivity (Wildman–Crippen MR) is 53.0 cm³/mol. The van der Waals surface area contributed by atoms with Crippen LogP contribution < -0.4 is 10.1 Å². The molecule has 1 heterocycles. The second-order valence-electron chi connectivity index (χ2n) is 4.12. The van der Waals surface area contributed by atoms with Crippen molar-refractivity contribution in [2.75, 3.05) is 13.1 Å². The fourth-order valence-corrected chi connectivity index (χ4v) is 1.60. The first-order valence-electron chi connectivity index (χ1n) is 4.74. The van der Waals surface area contributed by atoms with Gasteiger partial charge in [-0.3, -0.25) is 0 Å². The van der Waals surface area contributed by atoms with Crippen molar-refractivity contribution in [1.82, 2.24) is 5.32 Å². The van der Waals surface area contributed by atoms with Crippen LogP contribution in [0.1, 0.15) is 12.5 Å². The highest BCUT2D eigenvalue weighted by molar-refractivity contribution is 5.29. The largest absolute Gasteiger partial charge is 0.485 e. The van der Waals surface area contributed by atoms with E-state index in [-0.39, 0.29) is 11.4 Å². The number of aryl methyl sites for hydroxylation is 1. The van der Waals surface area contributed by atoms with Gasteiger partial charge in [0.25, 0.3) is 0 Å². The van der Waals surface area contributed by atoms with Crippen LogP contribution >= 0.6 is 0 Å². The van der Waals surface area contributed by atoms with Crippen LogP contribution in [0.3, 0.4) is 0 Å². The van der Waals surface area contributed by atoms with Gasteiger partial charge in [-0.1, -0.05) is 0 Å². The fourth-order valence-electron chi connectivity index (χ4n) is 1.60. The number of hydrogen-bond acceptors (Lipinski definition) is 2. The van der Waals surface area contributed by atoms with E-state index in [1.165, 1.54) is 12.1 Å². The van der Waals surface area contributed by atoms with Crippen LogP contribution in [0.15, 0.2) is 18.2 Å². The number of halogens is 1. The third-order valence-corrected chi connectivity index (χ3v) is 2.38. The SMILES string of the molecule is Cc1cc(F)cc(OC2(C)CNC2)c1. The van der Waals surface area contributed by atoms with Crippen molar-refractivity contribution >= 4 is 0 Å². The van der Waals surface area contributed by atoms with Crippen LogP contribution in [0.5, 0.6) is 5.75 Å². The maximum atomic E-state index is 13.0. The molecule has 1 aliphatic heterocycles. The van der Waals surface area contributed by atoms with Gasteiger partial charge in [-0.25, -0.2) is 4.39 Å². The minimum Gasteiger partial charge on any atom is -0.485 e. The highest BCUT2D eigenvalue weighted by Gasteiger charge is 2.33. The summed E-state index contributed by atoms with van der Waals surface area (Å²) in [6.07, 6.45) is 0. The Morgan fingerprint density at radius 3 is 2.57 bits per heavy atom.